The van der Waals surface area contributed by atoms with Gasteiger partial charge >= 0.3 is 0 Å². The molecule has 2 aliphatic heterocycles. The average Bonchev–Trinajstić information content (AvgIpc) is 2.84. The van der Waals surface area contributed by atoms with E-state index >= 15 is 0 Å². The summed E-state index contributed by atoms with van der Waals surface area (Å²) in [5.74, 6) is 0.299. The quantitative estimate of drug-likeness (QED) is 0.612. The summed E-state index contributed by atoms with van der Waals surface area (Å²) in [6.07, 6.45) is 6.66. The second kappa shape index (κ2) is 3.29. The van der Waals surface area contributed by atoms with Crippen LogP contribution in [0.25, 0.3) is 0 Å². The molecule has 84 valence electrons. The molecule has 0 N–H and O–H groups in total. The summed E-state index contributed by atoms with van der Waals surface area (Å²) in [5, 5.41) is 0. The molecule has 3 nitrogen and oxygen atoms in total. The van der Waals surface area contributed by atoms with Gasteiger partial charge in [0.15, 0.2) is 11.4 Å². The Morgan fingerprint density at radius 1 is 0.933 bits per heavy atom. The molecule has 15 heavy (non-hydrogen) atoms. The van der Waals surface area contributed by atoms with E-state index in [1.807, 2.05) is 0 Å². The molecule has 0 unspecified atom stereocenters. The third-order valence-corrected chi connectivity index (χ3v) is 4.30. The minimum Gasteiger partial charge on any atom is -0.371 e. The van der Waals surface area contributed by atoms with Gasteiger partial charge in [0.05, 0.1) is 0 Å². The van der Waals surface area contributed by atoms with Crippen molar-refractivity contribution >= 4 is 5.78 Å². The van der Waals surface area contributed by atoms with Crippen molar-refractivity contribution < 1.29 is 14.3 Å². The number of ketones is 1. The van der Waals surface area contributed by atoms with E-state index in [1.54, 1.807) is 0 Å². The van der Waals surface area contributed by atoms with Crippen molar-refractivity contribution in [2.75, 3.05) is 13.2 Å². The van der Waals surface area contributed by atoms with Crippen LogP contribution in [0.2, 0.25) is 0 Å². The van der Waals surface area contributed by atoms with E-state index in [-0.39, 0.29) is 5.60 Å². The number of hydrogen-bond donors (Lipinski definition) is 0. The van der Waals surface area contributed by atoms with Crippen molar-refractivity contribution in [2.45, 2.75) is 56.1 Å². The maximum Gasteiger partial charge on any atom is 0.167 e. The molecule has 3 fully saturated rings. The van der Waals surface area contributed by atoms with Gasteiger partial charge in [0.2, 0.25) is 0 Å². The third kappa shape index (κ3) is 1.16. The van der Waals surface area contributed by atoms with Gasteiger partial charge in [-0.15, -0.1) is 0 Å². The lowest BCUT2D eigenvalue weighted by Gasteiger charge is -2.46. The molecule has 0 aromatic rings. The Kier molecular flexibility index (Phi) is 2.15. The van der Waals surface area contributed by atoms with Crippen LogP contribution in [0.15, 0.2) is 0 Å². The number of carbonyl (C=O) groups is 1. The summed E-state index contributed by atoms with van der Waals surface area (Å²) in [6, 6.07) is 0. The predicted octanol–water partition coefficient (Wildman–Crippen LogP) is 1.84. The molecule has 0 bridgehead atoms. The fraction of sp³-hybridized carbons (Fsp3) is 0.917. The summed E-state index contributed by atoms with van der Waals surface area (Å²) < 4.78 is 11.8. The van der Waals surface area contributed by atoms with Crippen molar-refractivity contribution in [3.05, 3.63) is 0 Å². The summed E-state index contributed by atoms with van der Waals surface area (Å²) in [5.41, 5.74) is -0.805. The second-order valence-electron chi connectivity index (χ2n) is 5.00. The van der Waals surface area contributed by atoms with E-state index in [2.05, 4.69) is 0 Å². The maximum absolute atomic E-state index is 12.2. The van der Waals surface area contributed by atoms with Crippen LogP contribution in [-0.2, 0) is 14.3 Å². The average molecular weight is 210 g/mol. The minimum absolute atomic E-state index is 0.251. The zero-order valence-corrected chi connectivity index (χ0v) is 9.09. The fourth-order valence-electron chi connectivity index (χ4n) is 3.62. The van der Waals surface area contributed by atoms with Gasteiger partial charge in [0.25, 0.3) is 0 Å². The highest BCUT2D eigenvalue weighted by Crippen LogP contribution is 2.50. The first-order valence-electron chi connectivity index (χ1n) is 6.10. The van der Waals surface area contributed by atoms with E-state index in [0.717, 1.165) is 51.7 Å². The number of fused-ring (bicyclic) bond motifs is 1. The first kappa shape index (κ1) is 9.79. The third-order valence-electron chi connectivity index (χ3n) is 4.30. The fourth-order valence-corrected chi connectivity index (χ4v) is 3.62. The van der Waals surface area contributed by atoms with Crippen LogP contribution in [0, 0.1) is 0 Å². The lowest BCUT2D eigenvalue weighted by atomic mass is 9.68. The highest BCUT2D eigenvalue weighted by atomic mass is 16.6. The van der Waals surface area contributed by atoms with Crippen LogP contribution in [0.1, 0.15) is 44.9 Å². The molecule has 3 aliphatic rings. The molecule has 0 aromatic carbocycles. The van der Waals surface area contributed by atoms with Crippen molar-refractivity contribution in [2.24, 2.45) is 0 Å². The van der Waals surface area contributed by atoms with Crippen LogP contribution in [0.5, 0.6) is 0 Å². The Morgan fingerprint density at radius 2 is 1.67 bits per heavy atom. The molecule has 1 aliphatic carbocycles. The number of carbonyl (C=O) groups excluding carboxylic acids is 1. The van der Waals surface area contributed by atoms with Gasteiger partial charge in [-0.1, -0.05) is 0 Å². The van der Waals surface area contributed by atoms with Crippen LogP contribution < -0.4 is 0 Å². The molecule has 0 aromatic heterocycles. The number of ether oxygens (including phenoxy) is 2. The topological polar surface area (TPSA) is 35.5 Å². The van der Waals surface area contributed by atoms with E-state index in [4.69, 9.17) is 9.47 Å². The summed E-state index contributed by atoms with van der Waals surface area (Å²) in [6.45, 7) is 1.54. The van der Waals surface area contributed by atoms with Gasteiger partial charge in [-0.25, -0.2) is 0 Å². The SMILES string of the molecule is O=C1CCC[C@]2(CCCO2)[C@@]12CCCO2. The summed E-state index contributed by atoms with van der Waals surface area (Å²) in [7, 11) is 0. The Labute approximate surface area is 90.1 Å². The van der Waals surface area contributed by atoms with Gasteiger partial charge in [-0.3, -0.25) is 4.79 Å². The largest absolute Gasteiger partial charge is 0.371 e. The lowest BCUT2D eigenvalue weighted by molar-refractivity contribution is -0.191. The van der Waals surface area contributed by atoms with E-state index in [0.29, 0.717) is 12.2 Å². The number of Topliss-reactive ketones (excluding diaryl/α,β-unsaturated/α-hetero) is 1. The van der Waals surface area contributed by atoms with Crippen molar-refractivity contribution in [3.8, 4) is 0 Å². The summed E-state index contributed by atoms with van der Waals surface area (Å²) >= 11 is 0. The van der Waals surface area contributed by atoms with Crippen LogP contribution in [0.3, 0.4) is 0 Å². The van der Waals surface area contributed by atoms with E-state index < -0.39 is 5.60 Å². The second-order valence-corrected chi connectivity index (χ2v) is 5.00. The molecule has 2 saturated heterocycles. The van der Waals surface area contributed by atoms with Gasteiger partial charge in [-0.2, -0.15) is 0 Å². The van der Waals surface area contributed by atoms with Crippen LogP contribution in [-0.4, -0.2) is 30.2 Å². The van der Waals surface area contributed by atoms with Gasteiger partial charge < -0.3 is 9.47 Å². The van der Waals surface area contributed by atoms with Crippen LogP contribution in [0.4, 0.5) is 0 Å². The molecule has 0 radical (unpaired) electrons. The molecule has 3 rings (SSSR count). The Balaban J connectivity index is 2.00. The molecule has 2 heterocycles. The number of rotatable bonds is 0. The first-order chi connectivity index (χ1) is 7.29. The van der Waals surface area contributed by atoms with Crippen LogP contribution >= 0.6 is 0 Å². The van der Waals surface area contributed by atoms with Crippen molar-refractivity contribution in [3.63, 3.8) is 0 Å². The van der Waals surface area contributed by atoms with Crippen molar-refractivity contribution in [1.82, 2.24) is 0 Å². The standard InChI is InChI=1S/C12H18O3/c13-10-4-1-5-11(6-2-8-14-11)12(10)7-3-9-15-12/h1-9H2/t11-,12+/m0/s1. The minimum atomic E-state index is -0.554. The molecule has 0 amide bonds. The highest BCUT2D eigenvalue weighted by Gasteiger charge is 2.62. The van der Waals surface area contributed by atoms with E-state index in [9.17, 15) is 4.79 Å². The number of hydrogen-bond acceptors (Lipinski definition) is 3. The van der Waals surface area contributed by atoms with Gasteiger partial charge in [-0.05, 0) is 38.5 Å². The normalized spacial score (nSPS) is 45.7. The maximum atomic E-state index is 12.2. The zero-order valence-electron chi connectivity index (χ0n) is 9.09. The first-order valence-corrected chi connectivity index (χ1v) is 6.10. The predicted molar refractivity (Wildman–Crippen MR) is 54.7 cm³/mol. The Bertz CT molecular complexity index is 273. The molecule has 2 spiro atoms. The smallest absolute Gasteiger partial charge is 0.167 e. The van der Waals surface area contributed by atoms with E-state index in [1.165, 1.54) is 0 Å². The molecule has 1 saturated carbocycles. The summed E-state index contributed by atoms with van der Waals surface area (Å²) in [4.78, 5) is 12.2. The van der Waals surface area contributed by atoms with Gasteiger partial charge in [0.1, 0.15) is 5.60 Å². The Hall–Kier alpha value is -0.410. The lowest BCUT2D eigenvalue weighted by Crippen LogP contribution is -2.61. The molecule has 3 heteroatoms. The molecular formula is C12H18O3. The molecular weight excluding hydrogens is 192 g/mol. The Morgan fingerprint density at radius 3 is 2.33 bits per heavy atom. The van der Waals surface area contributed by atoms with Gasteiger partial charge in [0, 0.05) is 19.6 Å². The van der Waals surface area contributed by atoms with Crippen molar-refractivity contribution in [1.29, 1.82) is 0 Å². The highest BCUT2D eigenvalue weighted by molar-refractivity contribution is 5.90. The monoisotopic (exact) mass is 210 g/mol. The molecule has 2 atom stereocenters. The zero-order chi connectivity index (χ0) is 10.4.